The molecule has 0 saturated carbocycles. The van der Waals surface area contributed by atoms with Crippen molar-refractivity contribution in [2.24, 2.45) is 0 Å². The third-order valence-corrected chi connectivity index (χ3v) is 19.2. The second-order valence-corrected chi connectivity index (χ2v) is 29.6. The van der Waals surface area contributed by atoms with Crippen molar-refractivity contribution in [2.45, 2.75) is 144 Å². The number of thiophene rings is 1. The topological polar surface area (TPSA) is 24.9 Å². The van der Waals surface area contributed by atoms with Crippen LogP contribution in [0.4, 0.5) is 34.1 Å². The fraction of sp³-hybridized carbons (Fsp3) is 0.289. The van der Waals surface area contributed by atoms with Crippen LogP contribution in [0.5, 0.6) is 0 Å². The van der Waals surface area contributed by atoms with E-state index in [1.807, 2.05) is 0 Å². The molecule has 0 radical (unpaired) electrons. The molecule has 83 heavy (non-hydrogen) atoms. The summed E-state index contributed by atoms with van der Waals surface area (Å²) in [6, 6.07) is 66.0. The van der Waals surface area contributed by atoms with Crippen LogP contribution in [-0.4, -0.2) is 18.3 Å². The first-order valence-corrected chi connectivity index (χ1v) is 30.8. The first-order chi connectivity index (χ1) is 39.1. The Kier molecular flexibility index (Phi) is 13.7. The Balaban J connectivity index is 1.22. The van der Waals surface area contributed by atoms with E-state index in [2.05, 4.69) is 302 Å². The molecule has 0 atom stereocenters. The van der Waals surface area contributed by atoms with Crippen LogP contribution < -0.4 is 15.3 Å². The Bertz CT molecular complexity index is 4250. The van der Waals surface area contributed by atoms with Crippen LogP contribution in [0.2, 0.25) is 5.02 Å². The number of benzene rings is 10. The molecule has 11 aromatic rings. The standard InChI is InChI=1S/C76H78BClN2O2S/c1-71(2,3)51-29-34-56(35-30-51)79(63-39-32-53(73(7,8)9)42-60(63)57-36-27-50-26-25-48-23-20-24-49-28-37-58(57)69(50)68(48)49)64-44-55(77-81-75(13,14)76(15,16)82-77)45-65(70(64)78)80(66-46-83-67-40-33-54(43-61(66)67)74(10,11)12)62-38-31-52(72(4,5)6)41-59(62)47-21-18-17-19-22-47/h17-46H,1-16H3. The molecule has 1 aliphatic rings. The molecule has 2 heterocycles. The molecule has 420 valence electrons. The van der Waals surface area contributed by atoms with E-state index in [0.717, 1.165) is 67.2 Å². The Morgan fingerprint density at radius 3 is 1.49 bits per heavy atom. The van der Waals surface area contributed by atoms with Crippen LogP contribution in [-0.2, 0) is 31.0 Å². The zero-order chi connectivity index (χ0) is 58.9. The highest BCUT2D eigenvalue weighted by Crippen LogP contribution is 2.54. The third kappa shape index (κ3) is 10.1. The first-order valence-electron chi connectivity index (χ1n) is 29.5. The van der Waals surface area contributed by atoms with Crippen LogP contribution in [0.3, 0.4) is 0 Å². The molecule has 0 bridgehead atoms. The van der Waals surface area contributed by atoms with Crippen LogP contribution in [0.1, 0.15) is 133 Å². The molecule has 0 spiro atoms. The third-order valence-electron chi connectivity index (χ3n) is 17.8. The lowest BCUT2D eigenvalue weighted by molar-refractivity contribution is 0.00578. The van der Waals surface area contributed by atoms with E-state index in [1.54, 1.807) is 11.3 Å². The molecule has 0 aliphatic carbocycles. The molecule has 10 aromatic carbocycles. The van der Waals surface area contributed by atoms with Crippen molar-refractivity contribution >= 4 is 112 Å². The van der Waals surface area contributed by atoms with Crippen LogP contribution >= 0.6 is 22.9 Å². The second kappa shape index (κ2) is 20.1. The summed E-state index contributed by atoms with van der Waals surface area (Å²) in [5.74, 6) is 0. The van der Waals surface area contributed by atoms with Gasteiger partial charge in [0, 0.05) is 32.3 Å². The molecule has 1 fully saturated rings. The van der Waals surface area contributed by atoms with Crippen molar-refractivity contribution in [3.8, 4) is 22.3 Å². The molecular formula is C76H78BClN2O2S. The van der Waals surface area contributed by atoms with Gasteiger partial charge in [0.05, 0.1) is 44.7 Å². The van der Waals surface area contributed by atoms with E-state index < -0.39 is 18.3 Å². The molecule has 1 saturated heterocycles. The Labute approximate surface area is 502 Å². The second-order valence-electron chi connectivity index (χ2n) is 28.3. The molecular weight excluding hydrogens is 1050 g/mol. The van der Waals surface area contributed by atoms with E-state index in [-0.39, 0.29) is 21.7 Å². The maximum Gasteiger partial charge on any atom is 0.494 e. The van der Waals surface area contributed by atoms with Gasteiger partial charge in [-0.15, -0.1) is 11.3 Å². The zero-order valence-electron chi connectivity index (χ0n) is 51.4. The highest BCUT2D eigenvalue weighted by molar-refractivity contribution is 7.17. The van der Waals surface area contributed by atoms with E-state index in [1.165, 1.54) is 59.3 Å². The van der Waals surface area contributed by atoms with Gasteiger partial charge in [-0.2, -0.15) is 0 Å². The number of halogens is 1. The van der Waals surface area contributed by atoms with Gasteiger partial charge in [0.2, 0.25) is 0 Å². The number of hydrogen-bond donors (Lipinski definition) is 0. The number of nitrogens with zero attached hydrogens (tertiary/aromatic N) is 2. The summed E-state index contributed by atoms with van der Waals surface area (Å²) in [5, 5.41) is 11.5. The molecule has 12 rings (SSSR count). The van der Waals surface area contributed by atoms with E-state index in [4.69, 9.17) is 20.9 Å². The van der Waals surface area contributed by atoms with Gasteiger partial charge in [-0.3, -0.25) is 0 Å². The van der Waals surface area contributed by atoms with Gasteiger partial charge in [0.1, 0.15) is 0 Å². The fourth-order valence-electron chi connectivity index (χ4n) is 12.0. The van der Waals surface area contributed by atoms with E-state index >= 15 is 0 Å². The lowest BCUT2D eigenvalue weighted by Crippen LogP contribution is -2.41. The largest absolute Gasteiger partial charge is 0.494 e. The molecule has 0 amide bonds. The highest BCUT2D eigenvalue weighted by atomic mass is 35.5. The number of hydrogen-bond acceptors (Lipinski definition) is 5. The lowest BCUT2D eigenvalue weighted by Gasteiger charge is -2.35. The Hall–Kier alpha value is -6.93. The number of anilines is 6. The van der Waals surface area contributed by atoms with Crippen LogP contribution in [0.15, 0.2) is 181 Å². The van der Waals surface area contributed by atoms with Gasteiger partial charge in [-0.25, -0.2) is 0 Å². The average molecular weight is 1130 g/mol. The minimum absolute atomic E-state index is 0.0816. The predicted molar refractivity (Wildman–Crippen MR) is 361 cm³/mol. The minimum atomic E-state index is -0.731. The number of rotatable bonds is 9. The maximum absolute atomic E-state index is 8.66. The van der Waals surface area contributed by atoms with E-state index in [9.17, 15) is 0 Å². The first kappa shape index (κ1) is 56.6. The van der Waals surface area contributed by atoms with Crippen molar-refractivity contribution in [3.63, 3.8) is 0 Å². The molecule has 7 heteroatoms. The van der Waals surface area contributed by atoms with Crippen LogP contribution in [0, 0.1) is 0 Å². The monoisotopic (exact) mass is 1130 g/mol. The van der Waals surface area contributed by atoms with Gasteiger partial charge in [0.25, 0.3) is 0 Å². The molecule has 4 nitrogen and oxygen atoms in total. The Morgan fingerprint density at radius 2 is 0.904 bits per heavy atom. The summed E-state index contributed by atoms with van der Waals surface area (Å²) in [4.78, 5) is 4.85. The summed E-state index contributed by atoms with van der Waals surface area (Å²) in [6.07, 6.45) is 0. The molecule has 1 aromatic heterocycles. The summed E-state index contributed by atoms with van der Waals surface area (Å²) >= 11 is 10.4. The van der Waals surface area contributed by atoms with Crippen molar-refractivity contribution in [3.05, 3.63) is 209 Å². The number of fused-ring (bicyclic) bond motifs is 1. The smallest absolute Gasteiger partial charge is 0.399 e. The van der Waals surface area contributed by atoms with Gasteiger partial charge < -0.3 is 19.1 Å². The predicted octanol–water partition coefficient (Wildman–Crippen LogP) is 22.2. The highest BCUT2D eigenvalue weighted by Gasteiger charge is 2.52. The molecule has 1 aliphatic heterocycles. The Morgan fingerprint density at radius 1 is 0.410 bits per heavy atom. The summed E-state index contributed by atoms with van der Waals surface area (Å²) < 4.78 is 15.5. The van der Waals surface area contributed by atoms with Crippen molar-refractivity contribution in [2.75, 3.05) is 9.80 Å². The van der Waals surface area contributed by atoms with Crippen molar-refractivity contribution in [1.82, 2.24) is 0 Å². The SMILES string of the molecule is CC(C)(C)c1ccc(N(c2ccc(C(C)(C)C)cc2-c2ccc3ccc4cccc5ccc2c3c45)c2cc(B3OC(C)(C)C(C)(C)O3)cc(N(c3ccc(C(C)(C)C)cc3-c3ccccc3)c3csc4ccc(C(C)(C)C)cc34)c2Cl)cc1. The van der Waals surface area contributed by atoms with Crippen LogP contribution in [0.25, 0.3) is 64.7 Å². The summed E-state index contributed by atoms with van der Waals surface area (Å²) in [6.45, 7) is 36.0. The molecule has 0 unspecified atom stereocenters. The fourth-order valence-corrected chi connectivity index (χ4v) is 13.2. The van der Waals surface area contributed by atoms with Gasteiger partial charge >= 0.3 is 7.12 Å². The maximum atomic E-state index is 8.66. The quantitative estimate of drug-likeness (QED) is 0.106. The van der Waals surface area contributed by atoms with Gasteiger partial charge in [-0.05, 0) is 181 Å². The summed E-state index contributed by atoms with van der Waals surface area (Å²) in [7, 11) is -0.731. The summed E-state index contributed by atoms with van der Waals surface area (Å²) in [5.41, 5.74) is 14.2. The zero-order valence-corrected chi connectivity index (χ0v) is 53.0. The van der Waals surface area contributed by atoms with Crippen molar-refractivity contribution in [1.29, 1.82) is 0 Å². The minimum Gasteiger partial charge on any atom is -0.399 e. The molecule has 0 N–H and O–H groups in total. The van der Waals surface area contributed by atoms with E-state index in [0.29, 0.717) is 5.02 Å². The lowest BCUT2D eigenvalue weighted by atomic mass is 9.78. The average Bonchev–Trinajstić information content (AvgIpc) is 3.09. The van der Waals surface area contributed by atoms with Gasteiger partial charge in [0.15, 0.2) is 0 Å². The normalized spacial score (nSPS) is 14.9. The van der Waals surface area contributed by atoms with Crippen molar-refractivity contribution < 1.29 is 9.31 Å². The van der Waals surface area contributed by atoms with Gasteiger partial charge in [-0.1, -0.05) is 210 Å².